The summed E-state index contributed by atoms with van der Waals surface area (Å²) in [5.74, 6) is 0.198. The second-order valence-corrected chi connectivity index (χ2v) is 7.36. The van der Waals surface area contributed by atoms with E-state index in [0.717, 1.165) is 11.4 Å². The molecule has 0 fully saturated rings. The van der Waals surface area contributed by atoms with Crippen LogP contribution in [0.15, 0.2) is 35.6 Å². The number of benzene rings is 1. The van der Waals surface area contributed by atoms with Gasteiger partial charge < -0.3 is 15.0 Å². The Morgan fingerprint density at radius 1 is 1.30 bits per heavy atom. The van der Waals surface area contributed by atoms with Crippen molar-refractivity contribution in [1.82, 2.24) is 9.55 Å². The third kappa shape index (κ3) is 4.59. The Hall–Kier alpha value is -1.79. The lowest BCUT2D eigenvalue weighted by Crippen LogP contribution is -2.15. The topological polar surface area (TPSA) is 67.1 Å². The van der Waals surface area contributed by atoms with Crippen molar-refractivity contribution in [3.8, 4) is 0 Å². The van der Waals surface area contributed by atoms with Gasteiger partial charge in [-0.05, 0) is 23.1 Å². The number of aromatic nitrogens is 2. The molecule has 2 N–H and O–H groups in total. The summed E-state index contributed by atoms with van der Waals surface area (Å²) < 4.78 is 1.79. The highest BCUT2D eigenvalue weighted by atomic mass is 32.2. The molecule has 1 heterocycles. The number of carbonyl (C=O) groups excluding carboxylic acids is 1. The summed E-state index contributed by atoms with van der Waals surface area (Å²) in [6.45, 7) is 6.41. The second-order valence-electron chi connectivity index (χ2n) is 6.41. The van der Waals surface area contributed by atoms with E-state index in [4.69, 9.17) is 5.11 Å². The molecule has 0 aliphatic heterocycles. The van der Waals surface area contributed by atoms with Gasteiger partial charge in [-0.3, -0.25) is 4.79 Å². The van der Waals surface area contributed by atoms with Crippen molar-refractivity contribution in [1.29, 1.82) is 0 Å². The zero-order chi connectivity index (χ0) is 17.0. The van der Waals surface area contributed by atoms with Gasteiger partial charge in [0.2, 0.25) is 5.91 Å². The lowest BCUT2D eigenvalue weighted by Gasteiger charge is -2.19. The molecule has 124 valence electrons. The van der Waals surface area contributed by atoms with Crippen molar-refractivity contribution in [3.63, 3.8) is 0 Å². The summed E-state index contributed by atoms with van der Waals surface area (Å²) in [4.78, 5) is 16.2. The molecule has 0 aliphatic rings. The highest BCUT2D eigenvalue weighted by molar-refractivity contribution is 7.99. The molecule has 23 heavy (non-hydrogen) atoms. The molecule has 5 nitrogen and oxygen atoms in total. The minimum absolute atomic E-state index is 0.0591. The quantitative estimate of drug-likeness (QED) is 0.826. The van der Waals surface area contributed by atoms with Gasteiger partial charge in [0.05, 0.1) is 24.3 Å². The maximum Gasteiger partial charge on any atom is 0.234 e. The van der Waals surface area contributed by atoms with Crippen LogP contribution in [0, 0.1) is 0 Å². The summed E-state index contributed by atoms with van der Waals surface area (Å²) in [5.41, 5.74) is 2.85. The molecule has 0 saturated carbocycles. The summed E-state index contributed by atoms with van der Waals surface area (Å²) in [7, 11) is 1.82. The molecular formula is C17H23N3O2S. The fourth-order valence-corrected chi connectivity index (χ4v) is 2.86. The van der Waals surface area contributed by atoms with Crippen LogP contribution in [-0.4, -0.2) is 26.3 Å². The molecule has 0 atom stereocenters. The highest BCUT2D eigenvalue weighted by Gasteiger charge is 2.13. The first-order valence-corrected chi connectivity index (χ1v) is 8.44. The average Bonchev–Trinajstić information content (AvgIpc) is 2.85. The van der Waals surface area contributed by atoms with Crippen molar-refractivity contribution in [2.24, 2.45) is 7.05 Å². The average molecular weight is 333 g/mol. The monoisotopic (exact) mass is 333 g/mol. The molecule has 0 spiro atoms. The largest absolute Gasteiger partial charge is 0.390 e. The molecule has 0 radical (unpaired) electrons. The van der Waals surface area contributed by atoms with Gasteiger partial charge in [-0.1, -0.05) is 44.7 Å². The van der Waals surface area contributed by atoms with E-state index in [1.54, 1.807) is 10.8 Å². The van der Waals surface area contributed by atoms with Crippen molar-refractivity contribution in [2.45, 2.75) is 37.9 Å². The molecule has 0 unspecified atom stereocenters. The van der Waals surface area contributed by atoms with Crippen molar-refractivity contribution in [3.05, 3.63) is 41.7 Å². The van der Waals surface area contributed by atoms with Gasteiger partial charge in [0, 0.05) is 12.7 Å². The van der Waals surface area contributed by atoms with Crippen LogP contribution in [0.1, 0.15) is 32.0 Å². The molecular weight excluding hydrogens is 310 g/mol. The lowest BCUT2D eigenvalue weighted by atomic mass is 9.87. The number of hydrogen-bond acceptors (Lipinski definition) is 4. The molecule has 0 aliphatic carbocycles. The van der Waals surface area contributed by atoms with Gasteiger partial charge in [-0.2, -0.15) is 0 Å². The van der Waals surface area contributed by atoms with Crippen LogP contribution in [0.3, 0.4) is 0 Å². The Labute approximate surface area is 141 Å². The molecule has 6 heteroatoms. The van der Waals surface area contributed by atoms with Crippen molar-refractivity contribution >= 4 is 23.4 Å². The van der Waals surface area contributed by atoms with E-state index in [1.165, 1.54) is 17.3 Å². The number of hydrogen-bond donors (Lipinski definition) is 2. The second kappa shape index (κ2) is 7.19. The van der Waals surface area contributed by atoms with E-state index in [1.807, 2.05) is 31.3 Å². The van der Waals surface area contributed by atoms with E-state index in [2.05, 4.69) is 31.1 Å². The Morgan fingerprint density at radius 2 is 1.96 bits per heavy atom. The number of imidazole rings is 1. The summed E-state index contributed by atoms with van der Waals surface area (Å²) >= 11 is 1.35. The third-order valence-corrected chi connectivity index (χ3v) is 4.61. The van der Waals surface area contributed by atoms with Crippen LogP contribution in [0.4, 0.5) is 5.69 Å². The number of nitrogens with one attached hydrogen (secondary N) is 1. The standard InChI is InChI=1S/C17H23N3O2S/c1-17(2,3)12-5-7-13(8-6-12)19-15(22)11-23-16-18-9-14(10-21)20(16)4/h5-9,21H,10-11H2,1-4H3,(H,19,22). The van der Waals surface area contributed by atoms with Crippen LogP contribution in [0.25, 0.3) is 0 Å². The number of anilines is 1. The molecule has 2 rings (SSSR count). The summed E-state index contributed by atoms with van der Waals surface area (Å²) in [6, 6.07) is 7.92. The Kier molecular flexibility index (Phi) is 5.49. The summed E-state index contributed by atoms with van der Waals surface area (Å²) in [6.07, 6.45) is 1.62. The van der Waals surface area contributed by atoms with Crippen LogP contribution >= 0.6 is 11.8 Å². The van der Waals surface area contributed by atoms with Gasteiger partial charge in [-0.15, -0.1) is 0 Å². The highest BCUT2D eigenvalue weighted by Crippen LogP contribution is 2.24. The maximum atomic E-state index is 12.0. The molecule has 1 amide bonds. The predicted molar refractivity (Wildman–Crippen MR) is 93.6 cm³/mol. The number of nitrogens with zero attached hydrogens (tertiary/aromatic N) is 2. The number of aliphatic hydroxyl groups excluding tert-OH is 1. The Morgan fingerprint density at radius 3 is 2.48 bits per heavy atom. The number of aliphatic hydroxyl groups is 1. The van der Waals surface area contributed by atoms with Gasteiger partial charge >= 0.3 is 0 Å². The first-order chi connectivity index (χ1) is 10.8. The van der Waals surface area contributed by atoms with E-state index in [0.29, 0.717) is 5.16 Å². The van der Waals surface area contributed by atoms with Crippen molar-refractivity contribution in [2.75, 3.05) is 11.1 Å². The van der Waals surface area contributed by atoms with Crippen LogP contribution < -0.4 is 5.32 Å². The van der Waals surface area contributed by atoms with E-state index in [-0.39, 0.29) is 23.7 Å². The number of thioether (sulfide) groups is 1. The van der Waals surface area contributed by atoms with Crippen LogP contribution in [0.2, 0.25) is 0 Å². The molecule has 2 aromatic rings. The molecule has 1 aromatic carbocycles. The molecule has 0 bridgehead atoms. The normalized spacial score (nSPS) is 11.5. The van der Waals surface area contributed by atoms with Gasteiger partial charge in [-0.25, -0.2) is 4.98 Å². The lowest BCUT2D eigenvalue weighted by molar-refractivity contribution is -0.113. The number of rotatable bonds is 5. The van der Waals surface area contributed by atoms with E-state index in [9.17, 15) is 4.79 Å². The maximum absolute atomic E-state index is 12.0. The predicted octanol–water partition coefficient (Wildman–Crippen LogP) is 2.94. The fraction of sp³-hybridized carbons (Fsp3) is 0.412. The Bertz CT molecular complexity index is 672. The minimum atomic E-state index is -0.0768. The number of amides is 1. The summed E-state index contributed by atoms with van der Waals surface area (Å²) in [5, 5.41) is 12.7. The molecule has 1 aromatic heterocycles. The first kappa shape index (κ1) is 17.6. The zero-order valence-corrected chi connectivity index (χ0v) is 14.8. The van der Waals surface area contributed by atoms with E-state index < -0.39 is 0 Å². The first-order valence-electron chi connectivity index (χ1n) is 7.46. The van der Waals surface area contributed by atoms with Crippen LogP contribution in [-0.2, 0) is 23.9 Å². The van der Waals surface area contributed by atoms with Crippen LogP contribution in [0.5, 0.6) is 0 Å². The smallest absolute Gasteiger partial charge is 0.234 e. The van der Waals surface area contributed by atoms with Crippen molar-refractivity contribution < 1.29 is 9.90 Å². The SMILES string of the molecule is Cn1c(CO)cnc1SCC(=O)Nc1ccc(C(C)(C)C)cc1. The van der Waals surface area contributed by atoms with Gasteiger partial charge in [0.1, 0.15) is 0 Å². The zero-order valence-electron chi connectivity index (χ0n) is 14.0. The fourth-order valence-electron chi connectivity index (χ4n) is 2.09. The Balaban J connectivity index is 1.91. The molecule has 0 saturated heterocycles. The minimum Gasteiger partial charge on any atom is -0.390 e. The van der Waals surface area contributed by atoms with E-state index >= 15 is 0 Å². The van der Waals surface area contributed by atoms with Gasteiger partial charge in [0.25, 0.3) is 0 Å². The third-order valence-electron chi connectivity index (χ3n) is 3.57. The number of carbonyl (C=O) groups is 1. The van der Waals surface area contributed by atoms with Gasteiger partial charge in [0.15, 0.2) is 5.16 Å².